The van der Waals surface area contributed by atoms with Gasteiger partial charge in [-0.05, 0) is 27.2 Å². The molecule has 0 unspecified atom stereocenters. The van der Waals surface area contributed by atoms with Crippen molar-refractivity contribution in [2.75, 3.05) is 7.05 Å². The van der Waals surface area contributed by atoms with E-state index in [0.29, 0.717) is 13.0 Å². The maximum atomic E-state index is 12.3. The molecule has 2 aromatic heterocycles. The molecule has 2 heterocycles. The van der Waals surface area contributed by atoms with Crippen LogP contribution in [0.1, 0.15) is 35.6 Å². The average molecular weight is 303 g/mol. The molecule has 0 N–H and O–H groups in total. The SMILES string of the molecule is Cc1nn(C)c(C)c1CN(C)C(=O)CCCn1ccnc1C. The zero-order valence-corrected chi connectivity index (χ0v) is 14.1. The minimum Gasteiger partial charge on any atom is -0.341 e. The van der Waals surface area contributed by atoms with E-state index in [4.69, 9.17) is 0 Å². The summed E-state index contributed by atoms with van der Waals surface area (Å²) in [5.41, 5.74) is 3.25. The highest BCUT2D eigenvalue weighted by atomic mass is 16.2. The normalized spacial score (nSPS) is 11.0. The highest BCUT2D eigenvalue weighted by molar-refractivity contribution is 5.75. The molecule has 0 aliphatic rings. The van der Waals surface area contributed by atoms with Gasteiger partial charge in [-0.3, -0.25) is 9.48 Å². The number of hydrogen-bond acceptors (Lipinski definition) is 3. The van der Waals surface area contributed by atoms with Crippen molar-refractivity contribution in [1.82, 2.24) is 24.2 Å². The van der Waals surface area contributed by atoms with E-state index in [-0.39, 0.29) is 5.91 Å². The first-order valence-corrected chi connectivity index (χ1v) is 7.61. The highest BCUT2D eigenvalue weighted by Crippen LogP contribution is 2.14. The third-order valence-corrected chi connectivity index (χ3v) is 4.19. The number of aryl methyl sites for hydroxylation is 4. The van der Waals surface area contributed by atoms with Crippen LogP contribution >= 0.6 is 0 Å². The van der Waals surface area contributed by atoms with Crippen LogP contribution in [-0.2, 0) is 24.9 Å². The smallest absolute Gasteiger partial charge is 0.222 e. The lowest BCUT2D eigenvalue weighted by atomic mass is 10.2. The molecule has 0 spiro atoms. The average Bonchev–Trinajstić information content (AvgIpc) is 2.97. The number of carbonyl (C=O) groups excluding carboxylic acids is 1. The lowest BCUT2D eigenvalue weighted by Gasteiger charge is -2.17. The Morgan fingerprint density at radius 1 is 1.32 bits per heavy atom. The van der Waals surface area contributed by atoms with E-state index in [1.54, 1.807) is 11.1 Å². The number of amides is 1. The molecule has 1 amide bonds. The standard InChI is InChI=1S/C16H25N5O/c1-12-15(13(2)20(5)18-12)11-19(4)16(22)7-6-9-21-10-8-17-14(21)3/h8,10H,6-7,9,11H2,1-5H3. The second kappa shape index (κ2) is 6.77. The third-order valence-electron chi connectivity index (χ3n) is 4.19. The fraction of sp³-hybridized carbons (Fsp3) is 0.562. The van der Waals surface area contributed by atoms with Gasteiger partial charge in [0.15, 0.2) is 0 Å². The van der Waals surface area contributed by atoms with Crippen molar-refractivity contribution in [3.63, 3.8) is 0 Å². The third kappa shape index (κ3) is 3.55. The summed E-state index contributed by atoms with van der Waals surface area (Å²) in [5, 5.41) is 4.40. The van der Waals surface area contributed by atoms with Gasteiger partial charge in [0.05, 0.1) is 5.69 Å². The summed E-state index contributed by atoms with van der Waals surface area (Å²) in [6.07, 6.45) is 5.11. The Kier molecular flexibility index (Phi) is 5.00. The Hall–Kier alpha value is -2.11. The number of carbonyl (C=O) groups is 1. The number of aromatic nitrogens is 4. The van der Waals surface area contributed by atoms with Gasteiger partial charge >= 0.3 is 0 Å². The molecule has 22 heavy (non-hydrogen) atoms. The zero-order valence-electron chi connectivity index (χ0n) is 14.1. The molecule has 2 aromatic rings. The van der Waals surface area contributed by atoms with E-state index in [2.05, 4.69) is 14.6 Å². The van der Waals surface area contributed by atoms with Crippen molar-refractivity contribution in [3.05, 3.63) is 35.2 Å². The lowest BCUT2D eigenvalue weighted by Crippen LogP contribution is -2.26. The van der Waals surface area contributed by atoms with Gasteiger partial charge < -0.3 is 9.47 Å². The van der Waals surface area contributed by atoms with Crippen LogP contribution in [0.25, 0.3) is 0 Å². The first-order chi connectivity index (χ1) is 10.4. The molecule has 0 aromatic carbocycles. The molecule has 120 valence electrons. The maximum absolute atomic E-state index is 12.3. The van der Waals surface area contributed by atoms with Crippen molar-refractivity contribution in [2.24, 2.45) is 7.05 Å². The predicted octanol–water partition coefficient (Wildman–Crippen LogP) is 1.98. The van der Waals surface area contributed by atoms with Crippen molar-refractivity contribution < 1.29 is 4.79 Å². The summed E-state index contributed by atoms with van der Waals surface area (Å²) in [6, 6.07) is 0. The number of rotatable bonds is 6. The molecule has 0 saturated heterocycles. The molecule has 0 saturated carbocycles. The van der Waals surface area contributed by atoms with E-state index in [1.807, 2.05) is 45.7 Å². The Bertz CT molecular complexity index is 656. The maximum Gasteiger partial charge on any atom is 0.222 e. The van der Waals surface area contributed by atoms with Gasteiger partial charge in [-0.2, -0.15) is 5.10 Å². The van der Waals surface area contributed by atoms with Crippen molar-refractivity contribution in [1.29, 1.82) is 0 Å². The second-order valence-electron chi connectivity index (χ2n) is 5.79. The molecular weight excluding hydrogens is 278 g/mol. The molecular formula is C16H25N5O. The summed E-state index contributed by atoms with van der Waals surface area (Å²) in [4.78, 5) is 18.2. The van der Waals surface area contributed by atoms with Crippen LogP contribution in [-0.4, -0.2) is 37.2 Å². The molecule has 6 heteroatoms. The van der Waals surface area contributed by atoms with Crippen molar-refractivity contribution in [3.8, 4) is 0 Å². The van der Waals surface area contributed by atoms with E-state index < -0.39 is 0 Å². The van der Waals surface area contributed by atoms with Crippen LogP contribution in [0.15, 0.2) is 12.4 Å². The minimum atomic E-state index is 0.167. The van der Waals surface area contributed by atoms with Crippen LogP contribution in [0, 0.1) is 20.8 Å². The van der Waals surface area contributed by atoms with Crippen LogP contribution < -0.4 is 0 Å². The fourth-order valence-electron chi connectivity index (χ4n) is 2.60. The molecule has 0 bridgehead atoms. The molecule has 2 rings (SSSR count). The summed E-state index contributed by atoms with van der Waals surface area (Å²) in [5.74, 6) is 1.16. The first kappa shape index (κ1) is 16.3. The van der Waals surface area contributed by atoms with Crippen LogP contribution in [0.3, 0.4) is 0 Å². The summed E-state index contributed by atoms with van der Waals surface area (Å²) < 4.78 is 3.94. The van der Waals surface area contributed by atoms with Gasteiger partial charge in [0, 0.05) is 57.3 Å². The van der Waals surface area contributed by atoms with Crippen LogP contribution in [0.5, 0.6) is 0 Å². The van der Waals surface area contributed by atoms with Crippen LogP contribution in [0.2, 0.25) is 0 Å². The van der Waals surface area contributed by atoms with Crippen molar-refractivity contribution >= 4 is 5.91 Å². The number of nitrogens with zero attached hydrogens (tertiary/aromatic N) is 5. The number of imidazole rings is 1. The molecule has 0 fully saturated rings. The number of hydrogen-bond donors (Lipinski definition) is 0. The van der Waals surface area contributed by atoms with Gasteiger partial charge in [-0.25, -0.2) is 4.98 Å². The summed E-state index contributed by atoms with van der Waals surface area (Å²) >= 11 is 0. The van der Waals surface area contributed by atoms with Gasteiger partial charge in [-0.15, -0.1) is 0 Å². The lowest BCUT2D eigenvalue weighted by molar-refractivity contribution is -0.130. The zero-order chi connectivity index (χ0) is 16.3. The second-order valence-corrected chi connectivity index (χ2v) is 5.79. The molecule has 0 aliphatic heterocycles. The topological polar surface area (TPSA) is 56.0 Å². The largest absolute Gasteiger partial charge is 0.341 e. The Balaban J connectivity index is 1.86. The Morgan fingerprint density at radius 2 is 2.05 bits per heavy atom. The highest BCUT2D eigenvalue weighted by Gasteiger charge is 2.15. The van der Waals surface area contributed by atoms with Gasteiger partial charge in [0.1, 0.15) is 5.82 Å². The molecule has 0 radical (unpaired) electrons. The Labute approximate surface area is 131 Å². The van der Waals surface area contributed by atoms with E-state index in [0.717, 1.165) is 35.7 Å². The van der Waals surface area contributed by atoms with E-state index >= 15 is 0 Å². The van der Waals surface area contributed by atoms with E-state index in [1.165, 1.54) is 0 Å². The minimum absolute atomic E-state index is 0.167. The monoisotopic (exact) mass is 303 g/mol. The van der Waals surface area contributed by atoms with Crippen LogP contribution in [0.4, 0.5) is 0 Å². The first-order valence-electron chi connectivity index (χ1n) is 7.61. The molecule has 0 atom stereocenters. The fourth-order valence-corrected chi connectivity index (χ4v) is 2.60. The van der Waals surface area contributed by atoms with E-state index in [9.17, 15) is 4.79 Å². The van der Waals surface area contributed by atoms with Gasteiger partial charge in [0.2, 0.25) is 5.91 Å². The predicted molar refractivity (Wildman–Crippen MR) is 85.4 cm³/mol. The van der Waals surface area contributed by atoms with Gasteiger partial charge in [0.25, 0.3) is 0 Å². The summed E-state index contributed by atoms with van der Waals surface area (Å²) in [7, 11) is 3.79. The van der Waals surface area contributed by atoms with Crippen molar-refractivity contribution in [2.45, 2.75) is 46.7 Å². The quantitative estimate of drug-likeness (QED) is 0.820. The van der Waals surface area contributed by atoms with Gasteiger partial charge in [-0.1, -0.05) is 0 Å². The summed E-state index contributed by atoms with van der Waals surface area (Å²) in [6.45, 7) is 7.45. The molecule has 0 aliphatic carbocycles. The Morgan fingerprint density at radius 3 is 2.59 bits per heavy atom. The molecule has 6 nitrogen and oxygen atoms in total.